The number of piperidine rings is 1. The van der Waals surface area contributed by atoms with Crippen molar-refractivity contribution in [3.8, 4) is 0 Å². The zero-order valence-electron chi connectivity index (χ0n) is 13.2. The van der Waals surface area contributed by atoms with Gasteiger partial charge >= 0.3 is 0 Å². The summed E-state index contributed by atoms with van der Waals surface area (Å²) in [4.78, 5) is 2.88. The number of rotatable bonds is 5. The second-order valence-corrected chi connectivity index (χ2v) is 6.79. The van der Waals surface area contributed by atoms with E-state index in [0.29, 0.717) is 5.54 Å². The Morgan fingerprint density at radius 1 is 1.11 bits per heavy atom. The summed E-state index contributed by atoms with van der Waals surface area (Å²) in [6.07, 6.45) is 13.8. The lowest BCUT2D eigenvalue weighted by atomic mass is 9.69. The molecule has 1 heterocycles. The van der Waals surface area contributed by atoms with Crippen molar-refractivity contribution in [3.05, 3.63) is 0 Å². The van der Waals surface area contributed by atoms with Crippen LogP contribution in [0.5, 0.6) is 0 Å². The molecule has 19 heavy (non-hydrogen) atoms. The molecule has 2 nitrogen and oxygen atoms in total. The van der Waals surface area contributed by atoms with Crippen molar-refractivity contribution in [1.82, 2.24) is 4.90 Å². The van der Waals surface area contributed by atoms with Crippen LogP contribution in [0.1, 0.15) is 78.1 Å². The fraction of sp³-hybridized carbons (Fsp3) is 1.00. The number of hydrogen-bond donors (Lipinski definition) is 1. The summed E-state index contributed by atoms with van der Waals surface area (Å²) in [5, 5.41) is 0. The summed E-state index contributed by atoms with van der Waals surface area (Å²) < 4.78 is 0. The molecule has 2 N–H and O–H groups in total. The first-order chi connectivity index (χ1) is 9.28. The quantitative estimate of drug-likeness (QED) is 0.816. The molecule has 0 bridgehead atoms. The Balaban J connectivity index is 2.20. The van der Waals surface area contributed by atoms with E-state index in [1.165, 1.54) is 70.8 Å². The van der Waals surface area contributed by atoms with Crippen molar-refractivity contribution in [1.29, 1.82) is 0 Å². The molecule has 0 aromatic heterocycles. The largest absolute Gasteiger partial charge is 0.329 e. The minimum atomic E-state index is 0.341. The molecule has 2 fully saturated rings. The first kappa shape index (κ1) is 15.3. The van der Waals surface area contributed by atoms with Crippen LogP contribution in [-0.4, -0.2) is 29.6 Å². The third-order valence-electron chi connectivity index (χ3n) is 5.84. The number of nitrogens with two attached hydrogens (primary N) is 1. The van der Waals surface area contributed by atoms with Crippen LogP contribution in [0.15, 0.2) is 0 Å². The minimum Gasteiger partial charge on any atom is -0.329 e. The Labute approximate surface area is 120 Å². The van der Waals surface area contributed by atoms with Crippen LogP contribution in [0.25, 0.3) is 0 Å². The lowest BCUT2D eigenvalue weighted by Gasteiger charge is -2.55. The van der Waals surface area contributed by atoms with E-state index in [2.05, 4.69) is 18.7 Å². The summed E-state index contributed by atoms with van der Waals surface area (Å²) in [5.74, 6) is 0.837. The molecule has 0 aromatic rings. The van der Waals surface area contributed by atoms with Crippen molar-refractivity contribution in [2.75, 3.05) is 13.1 Å². The summed E-state index contributed by atoms with van der Waals surface area (Å²) in [6.45, 7) is 6.89. The van der Waals surface area contributed by atoms with Crippen LogP contribution >= 0.6 is 0 Å². The zero-order valence-corrected chi connectivity index (χ0v) is 13.2. The van der Waals surface area contributed by atoms with Gasteiger partial charge in [0.15, 0.2) is 0 Å². The SMILES string of the molecule is CCCC1CCCCN1C1(CN)CCCCC1CC. The highest BCUT2D eigenvalue weighted by molar-refractivity contribution is 5.02. The van der Waals surface area contributed by atoms with Crippen LogP contribution in [0.4, 0.5) is 0 Å². The van der Waals surface area contributed by atoms with E-state index in [1.807, 2.05) is 0 Å². The Morgan fingerprint density at radius 2 is 1.89 bits per heavy atom. The molecule has 0 aromatic carbocycles. The molecule has 0 amide bonds. The number of hydrogen-bond acceptors (Lipinski definition) is 2. The topological polar surface area (TPSA) is 29.3 Å². The molecule has 2 rings (SSSR count). The maximum absolute atomic E-state index is 6.35. The average molecular weight is 266 g/mol. The molecule has 1 saturated heterocycles. The van der Waals surface area contributed by atoms with Gasteiger partial charge in [-0.2, -0.15) is 0 Å². The van der Waals surface area contributed by atoms with E-state index in [9.17, 15) is 0 Å². The van der Waals surface area contributed by atoms with Gasteiger partial charge < -0.3 is 5.73 Å². The molecule has 2 aliphatic rings. The van der Waals surface area contributed by atoms with Gasteiger partial charge in [-0.1, -0.05) is 46.0 Å². The van der Waals surface area contributed by atoms with E-state index in [4.69, 9.17) is 5.73 Å². The number of nitrogens with zero attached hydrogens (tertiary/aromatic N) is 1. The Bertz CT molecular complexity index is 264. The van der Waals surface area contributed by atoms with Gasteiger partial charge in [0.25, 0.3) is 0 Å². The highest BCUT2D eigenvalue weighted by Crippen LogP contribution is 2.43. The molecular weight excluding hydrogens is 232 g/mol. The number of likely N-dealkylation sites (tertiary alicyclic amines) is 1. The highest BCUT2D eigenvalue weighted by Gasteiger charge is 2.46. The van der Waals surface area contributed by atoms with Crippen LogP contribution < -0.4 is 5.73 Å². The van der Waals surface area contributed by atoms with Crippen LogP contribution in [0.3, 0.4) is 0 Å². The molecular formula is C17H34N2. The van der Waals surface area contributed by atoms with Gasteiger partial charge in [0, 0.05) is 18.1 Å². The standard InChI is InChI=1S/C17H34N2/c1-3-9-16-11-6-8-13-19(16)17(14-18)12-7-5-10-15(17)4-2/h15-16H,3-14,18H2,1-2H3. The molecule has 3 atom stereocenters. The van der Waals surface area contributed by atoms with Crippen molar-refractivity contribution >= 4 is 0 Å². The van der Waals surface area contributed by atoms with Crippen molar-refractivity contribution in [2.45, 2.75) is 89.6 Å². The molecule has 1 saturated carbocycles. The fourth-order valence-corrected chi connectivity index (χ4v) is 4.86. The van der Waals surface area contributed by atoms with E-state index in [1.54, 1.807) is 0 Å². The second-order valence-electron chi connectivity index (χ2n) is 6.79. The summed E-state index contributed by atoms with van der Waals surface area (Å²) in [6, 6.07) is 0.814. The molecule has 2 heteroatoms. The molecule has 0 spiro atoms. The fourth-order valence-electron chi connectivity index (χ4n) is 4.86. The van der Waals surface area contributed by atoms with Gasteiger partial charge in [-0.15, -0.1) is 0 Å². The lowest BCUT2D eigenvalue weighted by Crippen LogP contribution is -2.63. The normalized spacial score (nSPS) is 37.4. The van der Waals surface area contributed by atoms with Crippen molar-refractivity contribution in [2.24, 2.45) is 11.7 Å². The first-order valence-corrected chi connectivity index (χ1v) is 8.75. The van der Waals surface area contributed by atoms with E-state index in [0.717, 1.165) is 18.5 Å². The molecule has 0 radical (unpaired) electrons. The molecule has 3 unspecified atom stereocenters. The van der Waals surface area contributed by atoms with Crippen LogP contribution in [0.2, 0.25) is 0 Å². The van der Waals surface area contributed by atoms with Gasteiger partial charge in [-0.25, -0.2) is 0 Å². The lowest BCUT2D eigenvalue weighted by molar-refractivity contribution is -0.0445. The Hall–Kier alpha value is -0.0800. The zero-order chi connectivity index (χ0) is 13.7. The van der Waals surface area contributed by atoms with Crippen LogP contribution in [0, 0.1) is 5.92 Å². The van der Waals surface area contributed by atoms with E-state index >= 15 is 0 Å². The summed E-state index contributed by atoms with van der Waals surface area (Å²) >= 11 is 0. The van der Waals surface area contributed by atoms with Gasteiger partial charge in [0.05, 0.1) is 0 Å². The Morgan fingerprint density at radius 3 is 2.58 bits per heavy atom. The van der Waals surface area contributed by atoms with E-state index < -0.39 is 0 Å². The van der Waals surface area contributed by atoms with Gasteiger partial charge in [-0.05, 0) is 44.6 Å². The van der Waals surface area contributed by atoms with Crippen molar-refractivity contribution < 1.29 is 0 Å². The third kappa shape index (κ3) is 3.00. The summed E-state index contributed by atoms with van der Waals surface area (Å²) in [7, 11) is 0. The maximum Gasteiger partial charge on any atom is 0.0362 e. The maximum atomic E-state index is 6.35. The van der Waals surface area contributed by atoms with Gasteiger partial charge in [0.1, 0.15) is 0 Å². The molecule has 1 aliphatic carbocycles. The Kier molecular flexibility index (Phi) is 5.70. The third-order valence-corrected chi connectivity index (χ3v) is 5.84. The predicted molar refractivity (Wildman–Crippen MR) is 83.3 cm³/mol. The smallest absolute Gasteiger partial charge is 0.0362 e. The second kappa shape index (κ2) is 7.08. The molecule has 1 aliphatic heterocycles. The molecule has 112 valence electrons. The van der Waals surface area contributed by atoms with Gasteiger partial charge in [-0.3, -0.25) is 4.90 Å². The average Bonchev–Trinajstić information content (AvgIpc) is 2.48. The highest BCUT2D eigenvalue weighted by atomic mass is 15.2. The van der Waals surface area contributed by atoms with E-state index in [-0.39, 0.29) is 0 Å². The first-order valence-electron chi connectivity index (χ1n) is 8.75. The summed E-state index contributed by atoms with van der Waals surface area (Å²) in [5.41, 5.74) is 6.69. The predicted octanol–water partition coefficient (Wildman–Crippen LogP) is 3.94. The monoisotopic (exact) mass is 266 g/mol. The van der Waals surface area contributed by atoms with Crippen molar-refractivity contribution in [3.63, 3.8) is 0 Å². The minimum absolute atomic E-state index is 0.341. The van der Waals surface area contributed by atoms with Crippen LogP contribution in [-0.2, 0) is 0 Å². The van der Waals surface area contributed by atoms with Gasteiger partial charge in [0.2, 0.25) is 0 Å².